The molecule has 1 saturated carbocycles. The van der Waals surface area contributed by atoms with Gasteiger partial charge in [0.1, 0.15) is 0 Å². The Balaban J connectivity index is 1.74. The van der Waals surface area contributed by atoms with Gasteiger partial charge in [-0.2, -0.15) is 5.10 Å². The van der Waals surface area contributed by atoms with Crippen LogP contribution in [0.3, 0.4) is 0 Å². The average molecular weight is 377 g/mol. The third kappa shape index (κ3) is 3.10. The van der Waals surface area contributed by atoms with Crippen LogP contribution < -0.4 is 5.84 Å². The number of nitrogens with two attached hydrogens (primary N) is 1. The Hall–Kier alpha value is -2.66. The highest BCUT2D eigenvalue weighted by molar-refractivity contribution is 5.95. The van der Waals surface area contributed by atoms with Crippen LogP contribution in [0.2, 0.25) is 0 Å². The van der Waals surface area contributed by atoms with Gasteiger partial charge >= 0.3 is 5.97 Å². The molecule has 1 aliphatic heterocycles. The van der Waals surface area contributed by atoms with E-state index in [4.69, 9.17) is 10.6 Å². The average Bonchev–Trinajstić information content (AvgIpc) is 3.13. The van der Waals surface area contributed by atoms with Crippen LogP contribution >= 0.6 is 0 Å². The summed E-state index contributed by atoms with van der Waals surface area (Å²) in [6.07, 6.45) is 1.67. The SMILES string of the molecule is COC(=O)C12CN(Cc3ccccc3)CC1C(=NN)CCC2c1ccccc1. The molecule has 5 nitrogen and oxygen atoms in total. The van der Waals surface area contributed by atoms with Gasteiger partial charge in [-0.3, -0.25) is 9.69 Å². The lowest BCUT2D eigenvalue weighted by atomic mass is 9.59. The quantitative estimate of drug-likeness (QED) is 0.505. The number of rotatable bonds is 4. The fraction of sp³-hybridized carbons (Fsp3) is 0.391. The lowest BCUT2D eigenvalue weighted by molar-refractivity contribution is -0.155. The van der Waals surface area contributed by atoms with Crippen molar-refractivity contribution in [3.05, 3.63) is 71.8 Å². The van der Waals surface area contributed by atoms with Gasteiger partial charge in [-0.25, -0.2) is 0 Å². The fourth-order valence-electron chi connectivity index (χ4n) is 5.25. The van der Waals surface area contributed by atoms with E-state index >= 15 is 0 Å². The minimum absolute atomic E-state index is 0.0207. The van der Waals surface area contributed by atoms with Crippen molar-refractivity contribution in [3.63, 3.8) is 0 Å². The molecule has 0 bridgehead atoms. The zero-order valence-electron chi connectivity index (χ0n) is 16.3. The first-order valence-electron chi connectivity index (χ1n) is 9.85. The molecular weight excluding hydrogens is 350 g/mol. The van der Waals surface area contributed by atoms with Crippen molar-refractivity contribution in [2.24, 2.45) is 22.3 Å². The number of hydrogen-bond donors (Lipinski definition) is 1. The van der Waals surface area contributed by atoms with E-state index < -0.39 is 5.41 Å². The predicted molar refractivity (Wildman–Crippen MR) is 110 cm³/mol. The Labute approximate surface area is 166 Å². The van der Waals surface area contributed by atoms with E-state index in [2.05, 4.69) is 34.3 Å². The molecule has 2 aromatic rings. The molecule has 1 aliphatic carbocycles. The zero-order chi connectivity index (χ0) is 19.6. The molecule has 0 radical (unpaired) electrons. The first-order valence-corrected chi connectivity index (χ1v) is 9.85. The van der Waals surface area contributed by atoms with Crippen LogP contribution in [0.4, 0.5) is 0 Å². The highest BCUT2D eigenvalue weighted by atomic mass is 16.5. The van der Waals surface area contributed by atoms with E-state index in [1.807, 2.05) is 36.4 Å². The highest BCUT2D eigenvalue weighted by Gasteiger charge is 2.61. The number of esters is 1. The van der Waals surface area contributed by atoms with E-state index in [0.717, 1.165) is 31.6 Å². The Bertz CT molecular complexity index is 853. The third-order valence-corrected chi connectivity index (χ3v) is 6.44. The first kappa shape index (κ1) is 18.7. The van der Waals surface area contributed by atoms with E-state index in [-0.39, 0.29) is 17.8 Å². The molecule has 0 spiro atoms. The van der Waals surface area contributed by atoms with E-state index in [1.54, 1.807) is 0 Å². The van der Waals surface area contributed by atoms with Crippen molar-refractivity contribution in [3.8, 4) is 0 Å². The molecule has 5 heteroatoms. The van der Waals surface area contributed by atoms with Crippen molar-refractivity contribution in [1.29, 1.82) is 0 Å². The maximum absolute atomic E-state index is 13.3. The molecule has 2 aromatic carbocycles. The van der Waals surface area contributed by atoms with Gasteiger partial charge in [0, 0.05) is 37.2 Å². The van der Waals surface area contributed by atoms with Gasteiger partial charge < -0.3 is 10.6 Å². The highest BCUT2D eigenvalue weighted by Crippen LogP contribution is 2.54. The van der Waals surface area contributed by atoms with Crippen molar-refractivity contribution in [2.75, 3.05) is 20.2 Å². The second-order valence-electron chi connectivity index (χ2n) is 7.86. The summed E-state index contributed by atoms with van der Waals surface area (Å²) in [5.41, 5.74) is 2.72. The van der Waals surface area contributed by atoms with Gasteiger partial charge in [0.05, 0.1) is 12.5 Å². The predicted octanol–water partition coefficient (Wildman–Crippen LogP) is 3.17. The number of ether oxygens (including phenoxy) is 1. The number of hydrazone groups is 1. The van der Waals surface area contributed by atoms with E-state index in [0.29, 0.717) is 6.54 Å². The lowest BCUT2D eigenvalue weighted by Crippen LogP contribution is -2.50. The fourth-order valence-corrected chi connectivity index (χ4v) is 5.25. The van der Waals surface area contributed by atoms with Gasteiger partial charge in [-0.15, -0.1) is 0 Å². The molecule has 2 N–H and O–H groups in total. The Morgan fingerprint density at radius 1 is 1.14 bits per heavy atom. The van der Waals surface area contributed by atoms with Crippen LogP contribution in [0.25, 0.3) is 0 Å². The Morgan fingerprint density at radius 2 is 1.82 bits per heavy atom. The monoisotopic (exact) mass is 377 g/mol. The topological polar surface area (TPSA) is 67.9 Å². The van der Waals surface area contributed by atoms with Crippen LogP contribution in [0.15, 0.2) is 65.8 Å². The summed E-state index contributed by atoms with van der Waals surface area (Å²) >= 11 is 0. The molecule has 2 aliphatic rings. The molecule has 3 unspecified atom stereocenters. The van der Waals surface area contributed by atoms with Gasteiger partial charge in [0.25, 0.3) is 0 Å². The third-order valence-electron chi connectivity index (χ3n) is 6.44. The number of hydrogen-bond acceptors (Lipinski definition) is 5. The van der Waals surface area contributed by atoms with Crippen LogP contribution in [0.1, 0.15) is 29.9 Å². The summed E-state index contributed by atoms with van der Waals surface area (Å²) in [6.45, 7) is 2.22. The van der Waals surface area contributed by atoms with Crippen LogP contribution in [-0.4, -0.2) is 36.8 Å². The molecule has 0 aromatic heterocycles. The second kappa shape index (κ2) is 7.76. The molecule has 3 atom stereocenters. The number of benzene rings is 2. The molecule has 1 heterocycles. The minimum Gasteiger partial charge on any atom is -0.469 e. The summed E-state index contributed by atoms with van der Waals surface area (Å²) < 4.78 is 5.38. The summed E-state index contributed by atoms with van der Waals surface area (Å²) in [5, 5.41) is 4.10. The molecular formula is C23H27N3O2. The van der Waals surface area contributed by atoms with E-state index in [9.17, 15) is 4.79 Å². The number of carbonyl (C=O) groups excluding carboxylic acids is 1. The number of fused-ring (bicyclic) bond motifs is 1. The van der Waals surface area contributed by atoms with Crippen LogP contribution in [0.5, 0.6) is 0 Å². The van der Waals surface area contributed by atoms with E-state index in [1.165, 1.54) is 18.2 Å². The number of carbonyl (C=O) groups is 1. The molecule has 1 saturated heterocycles. The molecule has 4 rings (SSSR count). The van der Waals surface area contributed by atoms with Crippen molar-refractivity contribution < 1.29 is 9.53 Å². The van der Waals surface area contributed by atoms with Gasteiger partial charge in [-0.05, 0) is 24.0 Å². The number of methoxy groups -OCH3 is 1. The maximum atomic E-state index is 13.3. The zero-order valence-corrected chi connectivity index (χ0v) is 16.3. The smallest absolute Gasteiger partial charge is 0.314 e. The van der Waals surface area contributed by atoms with Gasteiger partial charge in [0.2, 0.25) is 0 Å². The maximum Gasteiger partial charge on any atom is 0.314 e. The van der Waals surface area contributed by atoms with Crippen molar-refractivity contribution >= 4 is 11.7 Å². The second-order valence-corrected chi connectivity index (χ2v) is 7.86. The first-order chi connectivity index (χ1) is 13.7. The van der Waals surface area contributed by atoms with Gasteiger partial charge in [-0.1, -0.05) is 60.7 Å². The Kier molecular flexibility index (Phi) is 5.18. The number of nitrogens with zero attached hydrogens (tertiary/aromatic N) is 2. The summed E-state index contributed by atoms with van der Waals surface area (Å²) in [5.74, 6) is 5.68. The van der Waals surface area contributed by atoms with Crippen molar-refractivity contribution in [1.82, 2.24) is 4.90 Å². The van der Waals surface area contributed by atoms with Crippen LogP contribution in [0, 0.1) is 11.3 Å². The minimum atomic E-state index is -0.651. The summed E-state index contributed by atoms with van der Waals surface area (Å²) in [4.78, 5) is 15.6. The largest absolute Gasteiger partial charge is 0.469 e. The molecule has 28 heavy (non-hydrogen) atoms. The summed E-state index contributed by atoms with van der Waals surface area (Å²) in [7, 11) is 1.49. The van der Waals surface area contributed by atoms with Crippen LogP contribution in [-0.2, 0) is 16.1 Å². The molecule has 2 fully saturated rings. The van der Waals surface area contributed by atoms with Gasteiger partial charge in [0.15, 0.2) is 0 Å². The standard InChI is InChI=1S/C23H27N3O2/c1-28-22(27)23-16-26(14-17-8-4-2-5-9-17)15-20(23)21(25-24)13-12-19(23)18-10-6-3-7-11-18/h2-11,19-20H,12-16,24H2,1H3. The lowest BCUT2D eigenvalue weighted by Gasteiger charge is -2.43. The normalized spacial score (nSPS) is 28.8. The number of likely N-dealkylation sites (tertiary alicyclic amines) is 1. The molecule has 0 amide bonds. The Morgan fingerprint density at radius 3 is 2.46 bits per heavy atom. The molecule has 146 valence electrons. The summed E-state index contributed by atoms with van der Waals surface area (Å²) in [6, 6.07) is 20.7. The van der Waals surface area contributed by atoms with Crippen molar-refractivity contribution in [2.45, 2.75) is 25.3 Å².